The van der Waals surface area contributed by atoms with Crippen LogP contribution in [-0.2, 0) is 6.54 Å². The number of imidazole rings is 1. The number of carbonyl (C=O) groups excluding carboxylic acids is 1. The minimum absolute atomic E-state index is 0.467. The molecule has 1 aromatic heterocycles. The van der Waals surface area contributed by atoms with E-state index in [9.17, 15) is 4.79 Å². The number of nitrogens with zero attached hydrogens (tertiary/aromatic N) is 2. The Bertz CT molecular complexity index is 258. The van der Waals surface area contributed by atoms with Crippen molar-refractivity contribution in [2.24, 2.45) is 5.73 Å². The maximum Gasteiger partial charge on any atom is 0.185 e. The van der Waals surface area contributed by atoms with E-state index in [4.69, 9.17) is 5.73 Å². The Morgan fingerprint density at radius 1 is 1.62 bits per heavy atom. The molecule has 0 radical (unpaired) electrons. The summed E-state index contributed by atoms with van der Waals surface area (Å²) in [5.74, 6) is 0.467. The van der Waals surface area contributed by atoms with Crippen molar-refractivity contribution in [2.75, 3.05) is 19.6 Å². The number of hydrogen-bond donors (Lipinski definition) is 2. The highest BCUT2D eigenvalue weighted by Gasteiger charge is 1.98. The van der Waals surface area contributed by atoms with Gasteiger partial charge in [0.25, 0.3) is 0 Å². The van der Waals surface area contributed by atoms with Gasteiger partial charge in [-0.2, -0.15) is 0 Å². The fourth-order valence-corrected chi connectivity index (χ4v) is 1.05. The van der Waals surface area contributed by atoms with E-state index in [0.29, 0.717) is 12.4 Å². The molecule has 0 aliphatic rings. The topological polar surface area (TPSA) is 72.9 Å². The van der Waals surface area contributed by atoms with E-state index in [1.165, 1.54) is 0 Å². The van der Waals surface area contributed by atoms with Crippen molar-refractivity contribution in [2.45, 2.75) is 6.54 Å². The highest BCUT2D eigenvalue weighted by Crippen LogP contribution is 1.92. The normalized spacial score (nSPS) is 10.2. The number of rotatable bonds is 6. The SMILES string of the molecule is NCCNCCn1ccnc1C=O. The molecule has 3 N–H and O–H groups in total. The van der Waals surface area contributed by atoms with Gasteiger partial charge in [0.1, 0.15) is 0 Å². The summed E-state index contributed by atoms with van der Waals surface area (Å²) in [6, 6.07) is 0. The van der Waals surface area contributed by atoms with E-state index in [1.807, 2.05) is 0 Å². The second-order valence-corrected chi connectivity index (χ2v) is 2.64. The van der Waals surface area contributed by atoms with Gasteiger partial charge in [-0.05, 0) is 0 Å². The smallest absolute Gasteiger partial charge is 0.185 e. The van der Waals surface area contributed by atoms with Crippen LogP contribution in [0.1, 0.15) is 10.6 Å². The lowest BCUT2D eigenvalue weighted by Crippen LogP contribution is -2.26. The molecule has 5 heteroatoms. The summed E-state index contributed by atoms with van der Waals surface area (Å²) in [5.41, 5.74) is 5.31. The van der Waals surface area contributed by atoms with E-state index >= 15 is 0 Å². The monoisotopic (exact) mass is 182 g/mol. The zero-order valence-corrected chi connectivity index (χ0v) is 7.44. The van der Waals surface area contributed by atoms with Crippen molar-refractivity contribution in [1.29, 1.82) is 0 Å². The highest BCUT2D eigenvalue weighted by atomic mass is 16.1. The Balaban J connectivity index is 2.31. The molecule has 0 fully saturated rings. The third-order valence-electron chi connectivity index (χ3n) is 1.70. The van der Waals surface area contributed by atoms with Gasteiger partial charge in [-0.15, -0.1) is 0 Å². The molecule has 72 valence electrons. The molecule has 0 aliphatic heterocycles. The first-order chi connectivity index (χ1) is 6.38. The first-order valence-corrected chi connectivity index (χ1v) is 4.25. The molecule has 0 atom stereocenters. The average molecular weight is 182 g/mol. The van der Waals surface area contributed by atoms with Gasteiger partial charge in [-0.3, -0.25) is 4.79 Å². The summed E-state index contributed by atoms with van der Waals surface area (Å²) in [6.07, 6.45) is 4.16. The molecule has 0 bridgehead atoms. The summed E-state index contributed by atoms with van der Waals surface area (Å²) in [4.78, 5) is 14.3. The molecular weight excluding hydrogens is 168 g/mol. The van der Waals surface area contributed by atoms with Crippen LogP contribution in [0.2, 0.25) is 0 Å². The predicted octanol–water partition coefficient (Wildman–Crippen LogP) is -0.756. The number of nitrogens with one attached hydrogen (secondary N) is 1. The van der Waals surface area contributed by atoms with Crippen molar-refractivity contribution in [3.63, 3.8) is 0 Å². The molecular formula is C8H14N4O. The fourth-order valence-electron chi connectivity index (χ4n) is 1.05. The van der Waals surface area contributed by atoms with Gasteiger partial charge in [0.2, 0.25) is 0 Å². The number of carbonyl (C=O) groups is 1. The Morgan fingerprint density at radius 3 is 3.15 bits per heavy atom. The fraction of sp³-hybridized carbons (Fsp3) is 0.500. The molecule has 0 spiro atoms. The third-order valence-corrected chi connectivity index (χ3v) is 1.70. The first-order valence-electron chi connectivity index (χ1n) is 4.25. The van der Waals surface area contributed by atoms with Crippen molar-refractivity contribution in [3.8, 4) is 0 Å². The second-order valence-electron chi connectivity index (χ2n) is 2.64. The first kappa shape index (κ1) is 9.88. The minimum Gasteiger partial charge on any atom is -0.329 e. The van der Waals surface area contributed by atoms with Crippen LogP contribution >= 0.6 is 0 Å². The summed E-state index contributed by atoms with van der Waals surface area (Å²) >= 11 is 0. The number of hydrogen-bond acceptors (Lipinski definition) is 4. The van der Waals surface area contributed by atoms with Gasteiger partial charge in [-0.25, -0.2) is 4.98 Å². The molecule has 0 unspecified atom stereocenters. The van der Waals surface area contributed by atoms with Crippen molar-refractivity contribution < 1.29 is 4.79 Å². The van der Waals surface area contributed by atoms with Gasteiger partial charge in [0, 0.05) is 38.6 Å². The summed E-state index contributed by atoms with van der Waals surface area (Å²) < 4.78 is 1.80. The lowest BCUT2D eigenvalue weighted by Gasteiger charge is -2.04. The van der Waals surface area contributed by atoms with Crippen LogP contribution < -0.4 is 11.1 Å². The number of aromatic nitrogens is 2. The maximum atomic E-state index is 10.5. The van der Waals surface area contributed by atoms with Crippen LogP contribution in [0, 0.1) is 0 Å². The van der Waals surface area contributed by atoms with Gasteiger partial charge >= 0.3 is 0 Å². The molecule has 0 saturated carbocycles. The average Bonchev–Trinajstić information content (AvgIpc) is 2.60. The molecule has 13 heavy (non-hydrogen) atoms. The van der Waals surface area contributed by atoms with Gasteiger partial charge in [-0.1, -0.05) is 0 Å². The molecule has 0 aliphatic carbocycles. The van der Waals surface area contributed by atoms with Crippen LogP contribution in [-0.4, -0.2) is 35.5 Å². The molecule has 1 rings (SSSR count). The van der Waals surface area contributed by atoms with Crippen LogP contribution in [0.3, 0.4) is 0 Å². The third kappa shape index (κ3) is 2.96. The Kier molecular flexibility index (Phi) is 4.14. The van der Waals surface area contributed by atoms with Crippen LogP contribution in [0.4, 0.5) is 0 Å². The maximum absolute atomic E-state index is 10.5. The van der Waals surface area contributed by atoms with E-state index in [-0.39, 0.29) is 0 Å². The van der Waals surface area contributed by atoms with E-state index in [1.54, 1.807) is 17.0 Å². The molecule has 1 heterocycles. The molecule has 0 amide bonds. The van der Waals surface area contributed by atoms with Gasteiger partial charge in [0.05, 0.1) is 0 Å². The zero-order chi connectivity index (χ0) is 9.52. The van der Waals surface area contributed by atoms with Crippen molar-refractivity contribution in [1.82, 2.24) is 14.9 Å². The Morgan fingerprint density at radius 2 is 2.46 bits per heavy atom. The van der Waals surface area contributed by atoms with Crippen molar-refractivity contribution in [3.05, 3.63) is 18.2 Å². The summed E-state index contributed by atoms with van der Waals surface area (Å²) in [7, 11) is 0. The summed E-state index contributed by atoms with van der Waals surface area (Å²) in [6.45, 7) is 2.97. The van der Waals surface area contributed by atoms with Gasteiger partial charge in [0.15, 0.2) is 12.1 Å². The Hall–Kier alpha value is -1.20. The lowest BCUT2D eigenvalue weighted by molar-refractivity contribution is 0.111. The summed E-state index contributed by atoms with van der Waals surface area (Å²) in [5, 5.41) is 3.14. The number of aldehydes is 1. The number of nitrogens with two attached hydrogens (primary N) is 1. The standard InChI is InChI=1S/C8H14N4O/c9-1-2-10-3-5-12-6-4-11-8(12)7-13/h4,6-7,10H,1-3,5,9H2. The van der Waals surface area contributed by atoms with Crippen LogP contribution in [0.25, 0.3) is 0 Å². The predicted molar refractivity (Wildman–Crippen MR) is 49.5 cm³/mol. The largest absolute Gasteiger partial charge is 0.329 e. The lowest BCUT2D eigenvalue weighted by atomic mass is 10.5. The van der Waals surface area contributed by atoms with Crippen molar-refractivity contribution >= 4 is 6.29 Å². The van der Waals surface area contributed by atoms with Crippen LogP contribution in [0.5, 0.6) is 0 Å². The second kappa shape index (κ2) is 5.45. The van der Waals surface area contributed by atoms with Crippen LogP contribution in [0.15, 0.2) is 12.4 Å². The Labute approximate surface area is 76.9 Å². The van der Waals surface area contributed by atoms with E-state index in [2.05, 4.69) is 10.3 Å². The molecule has 5 nitrogen and oxygen atoms in total. The molecule has 1 aromatic rings. The van der Waals surface area contributed by atoms with E-state index in [0.717, 1.165) is 25.9 Å². The minimum atomic E-state index is 0.467. The van der Waals surface area contributed by atoms with E-state index < -0.39 is 0 Å². The van der Waals surface area contributed by atoms with Gasteiger partial charge < -0.3 is 15.6 Å². The zero-order valence-electron chi connectivity index (χ0n) is 7.44. The molecule has 0 aromatic carbocycles. The quantitative estimate of drug-likeness (QED) is 0.448. The molecule has 0 saturated heterocycles. The highest BCUT2D eigenvalue weighted by molar-refractivity contribution is 5.69.